The molecule has 0 bridgehead atoms. The Morgan fingerprint density at radius 2 is 1.91 bits per heavy atom. The van der Waals surface area contributed by atoms with E-state index in [1.165, 1.54) is 17.7 Å². The maximum absolute atomic E-state index is 13.8. The summed E-state index contributed by atoms with van der Waals surface area (Å²) < 4.78 is 38.7. The highest BCUT2D eigenvalue weighted by molar-refractivity contribution is 7.90. The number of nitrogens with one attached hydrogen (secondary N) is 2. The van der Waals surface area contributed by atoms with Crippen LogP contribution in [0.15, 0.2) is 41.3 Å². The fourth-order valence-corrected chi connectivity index (χ4v) is 3.98. The smallest absolute Gasteiger partial charge is 0.182 e. The predicted molar refractivity (Wildman–Crippen MR) is 83.8 cm³/mol. The maximum atomic E-state index is 13.8. The molecule has 0 aliphatic carbocycles. The average Bonchev–Trinajstić information content (AvgIpc) is 2.94. The van der Waals surface area contributed by atoms with Crippen LogP contribution in [0.3, 0.4) is 0 Å². The molecule has 0 fully saturated rings. The molecule has 2 aromatic carbocycles. The Labute approximate surface area is 129 Å². The SMILES string of the molecule is CNc1ccc(S(=O)(=O)Cc2ccc3c(c2)CNC3)cc1F. The molecule has 3 rings (SSSR count). The number of hydrogen-bond acceptors (Lipinski definition) is 4. The zero-order valence-electron chi connectivity index (χ0n) is 12.2. The second-order valence-electron chi connectivity index (χ2n) is 5.36. The summed E-state index contributed by atoms with van der Waals surface area (Å²) in [5, 5.41) is 5.90. The second kappa shape index (κ2) is 5.70. The van der Waals surface area contributed by atoms with Gasteiger partial charge in [-0.15, -0.1) is 0 Å². The van der Waals surface area contributed by atoms with Gasteiger partial charge in [0, 0.05) is 20.1 Å². The van der Waals surface area contributed by atoms with E-state index in [2.05, 4.69) is 10.6 Å². The third-order valence-electron chi connectivity index (χ3n) is 3.83. The molecule has 1 heterocycles. The van der Waals surface area contributed by atoms with Gasteiger partial charge in [-0.05, 0) is 34.9 Å². The molecule has 116 valence electrons. The lowest BCUT2D eigenvalue weighted by atomic mass is 10.1. The zero-order chi connectivity index (χ0) is 15.7. The van der Waals surface area contributed by atoms with E-state index in [1.807, 2.05) is 18.2 Å². The van der Waals surface area contributed by atoms with Crippen molar-refractivity contribution in [2.75, 3.05) is 12.4 Å². The first-order chi connectivity index (χ1) is 10.5. The first-order valence-corrected chi connectivity index (χ1v) is 8.66. The molecule has 2 aromatic rings. The van der Waals surface area contributed by atoms with Crippen LogP contribution in [0.2, 0.25) is 0 Å². The molecule has 6 heteroatoms. The van der Waals surface area contributed by atoms with E-state index in [0.717, 1.165) is 30.3 Å². The Morgan fingerprint density at radius 3 is 2.64 bits per heavy atom. The van der Waals surface area contributed by atoms with Gasteiger partial charge in [-0.1, -0.05) is 18.2 Å². The first kappa shape index (κ1) is 15.0. The van der Waals surface area contributed by atoms with Crippen molar-refractivity contribution in [2.45, 2.75) is 23.7 Å². The third kappa shape index (κ3) is 2.84. The van der Waals surface area contributed by atoms with Gasteiger partial charge in [0.05, 0.1) is 16.3 Å². The summed E-state index contributed by atoms with van der Waals surface area (Å²) in [6, 6.07) is 9.61. The van der Waals surface area contributed by atoms with Crippen LogP contribution >= 0.6 is 0 Å². The van der Waals surface area contributed by atoms with Crippen LogP contribution in [-0.2, 0) is 28.7 Å². The lowest BCUT2D eigenvalue weighted by Gasteiger charge is -2.08. The largest absolute Gasteiger partial charge is 0.386 e. The number of fused-ring (bicyclic) bond motifs is 1. The van der Waals surface area contributed by atoms with E-state index in [0.29, 0.717) is 0 Å². The minimum Gasteiger partial charge on any atom is -0.386 e. The van der Waals surface area contributed by atoms with E-state index in [-0.39, 0.29) is 16.3 Å². The van der Waals surface area contributed by atoms with Crippen molar-refractivity contribution >= 4 is 15.5 Å². The summed E-state index contributed by atoms with van der Waals surface area (Å²) in [5.41, 5.74) is 3.33. The quantitative estimate of drug-likeness (QED) is 0.908. The summed E-state index contributed by atoms with van der Waals surface area (Å²) in [6.45, 7) is 1.58. The normalized spacial score (nSPS) is 13.9. The van der Waals surface area contributed by atoms with Gasteiger partial charge in [0.15, 0.2) is 9.84 Å². The Balaban J connectivity index is 1.89. The summed E-state index contributed by atoms with van der Waals surface area (Å²) in [7, 11) is -1.98. The number of hydrogen-bond donors (Lipinski definition) is 2. The van der Waals surface area contributed by atoms with E-state index in [4.69, 9.17) is 0 Å². The van der Waals surface area contributed by atoms with E-state index < -0.39 is 15.7 Å². The topological polar surface area (TPSA) is 58.2 Å². The van der Waals surface area contributed by atoms with Crippen LogP contribution in [0.25, 0.3) is 0 Å². The number of halogens is 1. The third-order valence-corrected chi connectivity index (χ3v) is 5.51. The van der Waals surface area contributed by atoms with Gasteiger partial charge in [-0.3, -0.25) is 0 Å². The Morgan fingerprint density at radius 1 is 1.14 bits per heavy atom. The Kier molecular flexibility index (Phi) is 3.88. The lowest BCUT2D eigenvalue weighted by Crippen LogP contribution is -2.06. The van der Waals surface area contributed by atoms with E-state index in [1.54, 1.807) is 7.05 Å². The van der Waals surface area contributed by atoms with Crippen molar-refractivity contribution in [1.82, 2.24) is 5.32 Å². The summed E-state index contributed by atoms with van der Waals surface area (Å²) in [6.07, 6.45) is 0. The van der Waals surface area contributed by atoms with E-state index in [9.17, 15) is 12.8 Å². The van der Waals surface area contributed by atoms with Gasteiger partial charge in [-0.2, -0.15) is 0 Å². The highest BCUT2D eigenvalue weighted by Gasteiger charge is 2.19. The van der Waals surface area contributed by atoms with Crippen LogP contribution in [0, 0.1) is 5.82 Å². The first-order valence-electron chi connectivity index (χ1n) is 7.01. The van der Waals surface area contributed by atoms with Crippen molar-refractivity contribution < 1.29 is 12.8 Å². The highest BCUT2D eigenvalue weighted by Crippen LogP contribution is 2.24. The number of sulfone groups is 1. The summed E-state index contributed by atoms with van der Waals surface area (Å²) in [4.78, 5) is 0.00243. The lowest BCUT2D eigenvalue weighted by molar-refractivity contribution is 0.590. The number of benzene rings is 2. The molecule has 0 atom stereocenters. The molecule has 0 aromatic heterocycles. The molecule has 1 aliphatic rings. The van der Waals surface area contributed by atoms with Crippen LogP contribution in [0.1, 0.15) is 16.7 Å². The molecule has 1 aliphatic heterocycles. The Bertz CT molecular complexity index is 819. The fraction of sp³-hybridized carbons (Fsp3) is 0.250. The van der Waals surface area contributed by atoms with Crippen molar-refractivity contribution in [2.24, 2.45) is 0 Å². The Hall–Kier alpha value is -1.92. The molecule has 0 spiro atoms. The number of rotatable bonds is 4. The summed E-state index contributed by atoms with van der Waals surface area (Å²) >= 11 is 0. The van der Waals surface area contributed by atoms with Crippen molar-refractivity contribution in [3.8, 4) is 0 Å². The van der Waals surface area contributed by atoms with Gasteiger partial charge in [0.2, 0.25) is 0 Å². The summed E-state index contributed by atoms with van der Waals surface area (Å²) in [5.74, 6) is -0.694. The van der Waals surface area contributed by atoms with Crippen molar-refractivity contribution in [3.63, 3.8) is 0 Å². The van der Waals surface area contributed by atoms with Crippen LogP contribution in [-0.4, -0.2) is 15.5 Å². The van der Waals surface area contributed by atoms with Crippen molar-refractivity contribution in [3.05, 3.63) is 58.9 Å². The molecule has 0 saturated carbocycles. The zero-order valence-corrected chi connectivity index (χ0v) is 13.0. The molecule has 2 N–H and O–H groups in total. The van der Waals surface area contributed by atoms with E-state index >= 15 is 0 Å². The standard InChI is InChI=1S/C16H17FN2O2S/c1-18-16-5-4-14(7-15(16)17)22(20,21)10-11-2-3-12-8-19-9-13(12)6-11/h2-7,18-19H,8-10H2,1H3. The van der Waals surface area contributed by atoms with Gasteiger partial charge < -0.3 is 10.6 Å². The highest BCUT2D eigenvalue weighted by atomic mass is 32.2. The number of anilines is 1. The van der Waals surface area contributed by atoms with Gasteiger partial charge in [0.25, 0.3) is 0 Å². The van der Waals surface area contributed by atoms with Gasteiger partial charge in [0.1, 0.15) is 5.82 Å². The molecule has 0 saturated heterocycles. The maximum Gasteiger partial charge on any atom is 0.182 e. The minimum atomic E-state index is -3.57. The molecular formula is C16H17FN2O2S. The van der Waals surface area contributed by atoms with Gasteiger partial charge >= 0.3 is 0 Å². The molecule has 22 heavy (non-hydrogen) atoms. The molecular weight excluding hydrogens is 303 g/mol. The average molecular weight is 320 g/mol. The van der Waals surface area contributed by atoms with Crippen LogP contribution in [0.4, 0.5) is 10.1 Å². The monoisotopic (exact) mass is 320 g/mol. The van der Waals surface area contributed by atoms with Gasteiger partial charge in [-0.25, -0.2) is 12.8 Å². The molecule has 0 unspecified atom stereocenters. The van der Waals surface area contributed by atoms with Crippen molar-refractivity contribution in [1.29, 1.82) is 0 Å². The second-order valence-corrected chi connectivity index (χ2v) is 7.35. The predicted octanol–water partition coefficient (Wildman–Crippen LogP) is 2.44. The minimum absolute atomic E-state index is 0.00243. The fourth-order valence-electron chi connectivity index (χ4n) is 2.63. The molecule has 4 nitrogen and oxygen atoms in total. The van der Waals surface area contributed by atoms with Crippen LogP contribution < -0.4 is 10.6 Å². The molecule has 0 radical (unpaired) electrons. The van der Waals surface area contributed by atoms with Crippen LogP contribution in [0.5, 0.6) is 0 Å². The molecule has 0 amide bonds.